The van der Waals surface area contributed by atoms with Crippen molar-refractivity contribution in [2.75, 3.05) is 0 Å². The van der Waals surface area contributed by atoms with E-state index in [-0.39, 0.29) is 11.8 Å². The Labute approximate surface area is 62.1 Å². The summed E-state index contributed by atoms with van der Waals surface area (Å²) in [5, 5.41) is 0. The molecule has 0 aromatic heterocycles. The number of Topliss-reactive ketones (excluding diaryl/α,β-unsaturated/α-hetero) is 1. The number of rotatable bonds is 0. The van der Waals surface area contributed by atoms with Gasteiger partial charge >= 0.3 is 0 Å². The highest BCUT2D eigenvalue weighted by Gasteiger charge is 2.19. The van der Waals surface area contributed by atoms with E-state index in [1.807, 2.05) is 13.8 Å². The van der Waals surface area contributed by atoms with Crippen LogP contribution in [0.1, 0.15) is 26.7 Å². The van der Waals surface area contributed by atoms with Gasteiger partial charge in [0.05, 0.1) is 0 Å². The van der Waals surface area contributed by atoms with Gasteiger partial charge in [0.15, 0.2) is 0 Å². The molecule has 0 aliphatic heterocycles. The number of carbonyl (C=O) groups is 1. The molecule has 0 amide bonds. The van der Waals surface area contributed by atoms with E-state index in [2.05, 4.69) is 12.2 Å². The Morgan fingerprint density at radius 1 is 1.20 bits per heavy atom. The molecule has 0 fully saturated rings. The number of carbonyl (C=O) groups excluding carboxylic acids is 1. The number of hydrogen-bond acceptors (Lipinski definition) is 1. The van der Waals surface area contributed by atoms with Gasteiger partial charge in [-0.05, 0) is 12.8 Å². The van der Waals surface area contributed by atoms with Crippen molar-refractivity contribution in [2.45, 2.75) is 26.7 Å². The van der Waals surface area contributed by atoms with Gasteiger partial charge in [-0.3, -0.25) is 4.79 Å². The van der Waals surface area contributed by atoms with Gasteiger partial charge in [-0.2, -0.15) is 0 Å². The minimum Gasteiger partial charge on any atom is -0.299 e. The SMILES string of the molecule is CC1CC=CCC(C)C1=O. The highest BCUT2D eigenvalue weighted by atomic mass is 16.1. The fourth-order valence-corrected chi connectivity index (χ4v) is 1.32. The van der Waals surface area contributed by atoms with Crippen molar-refractivity contribution in [3.8, 4) is 0 Å². The predicted octanol–water partition coefficient (Wildman–Crippen LogP) is 2.18. The first-order valence-corrected chi connectivity index (χ1v) is 3.90. The molecule has 1 nitrogen and oxygen atoms in total. The van der Waals surface area contributed by atoms with Crippen molar-refractivity contribution in [3.05, 3.63) is 12.2 Å². The molecule has 1 aliphatic carbocycles. The third-order valence-electron chi connectivity index (χ3n) is 2.12. The van der Waals surface area contributed by atoms with Gasteiger partial charge in [0.2, 0.25) is 0 Å². The Morgan fingerprint density at radius 2 is 1.60 bits per heavy atom. The first-order valence-electron chi connectivity index (χ1n) is 3.90. The molecule has 2 unspecified atom stereocenters. The van der Waals surface area contributed by atoms with Crippen LogP contribution >= 0.6 is 0 Å². The van der Waals surface area contributed by atoms with Crippen LogP contribution in [0.5, 0.6) is 0 Å². The summed E-state index contributed by atoms with van der Waals surface area (Å²) in [6, 6.07) is 0. The molecular weight excluding hydrogens is 124 g/mol. The smallest absolute Gasteiger partial charge is 0.139 e. The first-order chi connectivity index (χ1) is 4.72. The third kappa shape index (κ3) is 1.47. The third-order valence-corrected chi connectivity index (χ3v) is 2.12. The minimum atomic E-state index is 0.244. The summed E-state index contributed by atoms with van der Waals surface area (Å²) < 4.78 is 0. The van der Waals surface area contributed by atoms with Crippen LogP contribution in [0.25, 0.3) is 0 Å². The van der Waals surface area contributed by atoms with Crippen LogP contribution in [0.15, 0.2) is 12.2 Å². The van der Waals surface area contributed by atoms with E-state index in [1.165, 1.54) is 0 Å². The summed E-state index contributed by atoms with van der Waals surface area (Å²) in [4.78, 5) is 11.3. The van der Waals surface area contributed by atoms with Crippen LogP contribution in [0.2, 0.25) is 0 Å². The molecule has 1 rings (SSSR count). The van der Waals surface area contributed by atoms with Crippen LogP contribution < -0.4 is 0 Å². The fraction of sp³-hybridized carbons (Fsp3) is 0.667. The zero-order valence-corrected chi connectivity index (χ0v) is 6.63. The maximum absolute atomic E-state index is 11.3. The Morgan fingerprint density at radius 3 is 2.00 bits per heavy atom. The van der Waals surface area contributed by atoms with Crippen LogP contribution in [0.3, 0.4) is 0 Å². The quantitative estimate of drug-likeness (QED) is 0.469. The molecule has 0 spiro atoms. The summed E-state index contributed by atoms with van der Waals surface area (Å²) in [5.74, 6) is 0.910. The van der Waals surface area contributed by atoms with E-state index < -0.39 is 0 Å². The average Bonchev–Trinajstić information content (AvgIpc) is 2.04. The minimum absolute atomic E-state index is 0.244. The van der Waals surface area contributed by atoms with Crippen molar-refractivity contribution in [2.24, 2.45) is 11.8 Å². The van der Waals surface area contributed by atoms with E-state index >= 15 is 0 Å². The Hall–Kier alpha value is -0.590. The lowest BCUT2D eigenvalue weighted by Gasteiger charge is -2.09. The summed E-state index contributed by atoms with van der Waals surface area (Å²) in [6.07, 6.45) is 6.10. The van der Waals surface area contributed by atoms with Gasteiger partial charge < -0.3 is 0 Å². The summed E-state index contributed by atoms with van der Waals surface area (Å²) in [7, 11) is 0. The van der Waals surface area contributed by atoms with Gasteiger partial charge in [0.25, 0.3) is 0 Å². The summed E-state index contributed by atoms with van der Waals surface area (Å²) >= 11 is 0. The monoisotopic (exact) mass is 138 g/mol. The van der Waals surface area contributed by atoms with Crippen molar-refractivity contribution in [1.82, 2.24) is 0 Å². The molecule has 1 aliphatic rings. The van der Waals surface area contributed by atoms with E-state index in [9.17, 15) is 4.79 Å². The van der Waals surface area contributed by atoms with Gasteiger partial charge in [-0.25, -0.2) is 0 Å². The van der Waals surface area contributed by atoms with Crippen molar-refractivity contribution >= 4 is 5.78 Å². The molecule has 0 heterocycles. The number of allylic oxidation sites excluding steroid dienone is 2. The molecule has 0 N–H and O–H groups in total. The van der Waals surface area contributed by atoms with Crippen molar-refractivity contribution in [3.63, 3.8) is 0 Å². The molecule has 0 aromatic carbocycles. The zero-order valence-electron chi connectivity index (χ0n) is 6.63. The summed E-state index contributed by atoms with van der Waals surface area (Å²) in [5.41, 5.74) is 0. The number of hydrogen-bond donors (Lipinski definition) is 0. The predicted molar refractivity (Wildman–Crippen MR) is 41.7 cm³/mol. The van der Waals surface area contributed by atoms with Gasteiger partial charge in [-0.1, -0.05) is 26.0 Å². The number of ketones is 1. The average molecular weight is 138 g/mol. The normalized spacial score (nSPS) is 34.0. The van der Waals surface area contributed by atoms with Crippen molar-refractivity contribution in [1.29, 1.82) is 0 Å². The molecule has 0 saturated heterocycles. The highest BCUT2D eigenvalue weighted by Crippen LogP contribution is 2.18. The molecule has 0 radical (unpaired) electrons. The topological polar surface area (TPSA) is 17.1 Å². The largest absolute Gasteiger partial charge is 0.299 e. The second kappa shape index (κ2) is 3.00. The maximum Gasteiger partial charge on any atom is 0.139 e. The van der Waals surface area contributed by atoms with Crippen LogP contribution in [-0.4, -0.2) is 5.78 Å². The first kappa shape index (κ1) is 7.52. The molecular formula is C9H14O. The molecule has 0 saturated carbocycles. The van der Waals surface area contributed by atoms with Crippen LogP contribution in [0.4, 0.5) is 0 Å². The zero-order chi connectivity index (χ0) is 7.56. The lowest BCUT2D eigenvalue weighted by atomic mass is 9.94. The van der Waals surface area contributed by atoms with E-state index in [0.717, 1.165) is 12.8 Å². The molecule has 10 heavy (non-hydrogen) atoms. The molecule has 0 bridgehead atoms. The van der Waals surface area contributed by atoms with E-state index in [1.54, 1.807) is 0 Å². The Bertz CT molecular complexity index is 142. The molecule has 1 heteroatoms. The lowest BCUT2D eigenvalue weighted by molar-refractivity contribution is -0.125. The van der Waals surface area contributed by atoms with Gasteiger partial charge in [-0.15, -0.1) is 0 Å². The maximum atomic E-state index is 11.3. The lowest BCUT2D eigenvalue weighted by Crippen LogP contribution is -2.16. The Balaban J connectivity index is 2.65. The second-order valence-corrected chi connectivity index (χ2v) is 3.15. The van der Waals surface area contributed by atoms with Gasteiger partial charge in [0.1, 0.15) is 5.78 Å². The van der Waals surface area contributed by atoms with Crippen LogP contribution in [-0.2, 0) is 4.79 Å². The van der Waals surface area contributed by atoms with Crippen LogP contribution in [0, 0.1) is 11.8 Å². The molecule has 2 atom stereocenters. The fourth-order valence-electron chi connectivity index (χ4n) is 1.32. The standard InChI is InChI=1S/C9H14O/c1-7-5-3-4-6-8(2)9(7)10/h3-4,7-8H,5-6H2,1-2H3. The van der Waals surface area contributed by atoms with E-state index in [4.69, 9.17) is 0 Å². The Kier molecular flexibility index (Phi) is 2.25. The highest BCUT2D eigenvalue weighted by molar-refractivity contribution is 5.83. The molecule has 56 valence electrons. The second-order valence-electron chi connectivity index (χ2n) is 3.15. The van der Waals surface area contributed by atoms with Crippen molar-refractivity contribution < 1.29 is 4.79 Å². The molecule has 0 aromatic rings. The van der Waals surface area contributed by atoms with Gasteiger partial charge in [0, 0.05) is 11.8 Å². The van der Waals surface area contributed by atoms with E-state index in [0.29, 0.717) is 5.78 Å². The summed E-state index contributed by atoms with van der Waals surface area (Å²) in [6.45, 7) is 4.02.